The van der Waals surface area contributed by atoms with E-state index < -0.39 is 11.9 Å². The van der Waals surface area contributed by atoms with E-state index >= 15 is 0 Å². The summed E-state index contributed by atoms with van der Waals surface area (Å²) in [4.78, 5) is 22.5. The molecule has 0 atom stereocenters. The minimum atomic E-state index is -1.07. The number of aryl methyl sites for hydroxylation is 2. The first-order chi connectivity index (χ1) is 7.90. The van der Waals surface area contributed by atoms with Gasteiger partial charge in [0, 0.05) is 12.1 Å². The van der Waals surface area contributed by atoms with Gasteiger partial charge in [-0.3, -0.25) is 14.5 Å². The highest BCUT2D eigenvalue weighted by Crippen LogP contribution is 2.14. The van der Waals surface area contributed by atoms with Gasteiger partial charge in [-0.2, -0.15) is 0 Å². The largest absolute Gasteiger partial charge is 0.480 e. The SMILES string of the molecule is Cc1noc(C)c1CN(CC(=O)O)CC(=O)O. The maximum absolute atomic E-state index is 10.6. The zero-order chi connectivity index (χ0) is 13.0. The Balaban J connectivity index is 2.78. The topological polar surface area (TPSA) is 104 Å². The molecule has 0 saturated carbocycles. The molecule has 0 aliphatic heterocycles. The molecule has 0 spiro atoms. The van der Waals surface area contributed by atoms with Crippen molar-refractivity contribution in [2.24, 2.45) is 0 Å². The second-order valence-electron chi connectivity index (χ2n) is 3.74. The molecule has 0 unspecified atom stereocenters. The molecule has 7 nitrogen and oxygen atoms in total. The van der Waals surface area contributed by atoms with E-state index in [2.05, 4.69) is 5.16 Å². The van der Waals surface area contributed by atoms with Crippen molar-refractivity contribution in [3.63, 3.8) is 0 Å². The molecule has 0 fully saturated rings. The summed E-state index contributed by atoms with van der Waals surface area (Å²) in [5.41, 5.74) is 1.37. The Morgan fingerprint density at radius 1 is 1.24 bits per heavy atom. The molecule has 0 aromatic carbocycles. The van der Waals surface area contributed by atoms with E-state index in [1.54, 1.807) is 13.8 Å². The average Bonchev–Trinajstić information content (AvgIpc) is 2.47. The summed E-state index contributed by atoms with van der Waals surface area (Å²) < 4.78 is 4.93. The van der Waals surface area contributed by atoms with Crippen LogP contribution < -0.4 is 0 Å². The summed E-state index contributed by atoms with van der Waals surface area (Å²) in [6, 6.07) is 0. The summed E-state index contributed by atoms with van der Waals surface area (Å²) in [6.07, 6.45) is 0. The Kier molecular flexibility index (Phi) is 4.22. The lowest BCUT2D eigenvalue weighted by Crippen LogP contribution is -2.34. The molecule has 0 aliphatic rings. The third kappa shape index (κ3) is 3.87. The van der Waals surface area contributed by atoms with Crippen molar-refractivity contribution in [3.05, 3.63) is 17.0 Å². The second-order valence-corrected chi connectivity index (χ2v) is 3.74. The lowest BCUT2D eigenvalue weighted by molar-refractivity contribution is -0.142. The van der Waals surface area contributed by atoms with Gasteiger partial charge in [0.25, 0.3) is 0 Å². The van der Waals surface area contributed by atoms with Crippen LogP contribution in [0, 0.1) is 13.8 Å². The number of carbonyl (C=O) groups is 2. The highest BCUT2D eigenvalue weighted by atomic mass is 16.5. The van der Waals surface area contributed by atoms with Gasteiger partial charge in [-0.15, -0.1) is 0 Å². The Morgan fingerprint density at radius 2 is 1.76 bits per heavy atom. The maximum Gasteiger partial charge on any atom is 0.317 e. The summed E-state index contributed by atoms with van der Waals surface area (Å²) in [7, 11) is 0. The number of carboxylic acid groups (broad SMARTS) is 2. The molecule has 94 valence electrons. The van der Waals surface area contributed by atoms with Gasteiger partial charge < -0.3 is 14.7 Å². The minimum absolute atomic E-state index is 0.194. The standard InChI is InChI=1S/C10H14N2O5/c1-6-8(7(2)17-11-6)3-12(4-9(13)14)5-10(15)16/h3-5H2,1-2H3,(H,13,14)(H,15,16). The minimum Gasteiger partial charge on any atom is -0.480 e. The number of rotatable bonds is 6. The normalized spacial score (nSPS) is 10.8. The fraction of sp³-hybridized carbons (Fsp3) is 0.500. The zero-order valence-electron chi connectivity index (χ0n) is 9.63. The monoisotopic (exact) mass is 242 g/mol. The van der Waals surface area contributed by atoms with Crippen molar-refractivity contribution in [2.75, 3.05) is 13.1 Å². The predicted molar refractivity (Wildman–Crippen MR) is 56.5 cm³/mol. The molecule has 1 rings (SSSR count). The molecule has 0 aliphatic carbocycles. The van der Waals surface area contributed by atoms with Gasteiger partial charge in [-0.1, -0.05) is 5.16 Å². The number of aliphatic carboxylic acids is 2. The van der Waals surface area contributed by atoms with Crippen LogP contribution in [-0.2, 0) is 16.1 Å². The summed E-state index contributed by atoms with van der Waals surface area (Å²) in [5, 5.41) is 21.1. The fourth-order valence-electron chi connectivity index (χ4n) is 1.50. The number of hydrogen-bond donors (Lipinski definition) is 2. The van der Waals surface area contributed by atoms with Gasteiger partial charge in [0.1, 0.15) is 5.76 Å². The average molecular weight is 242 g/mol. The quantitative estimate of drug-likeness (QED) is 0.737. The van der Waals surface area contributed by atoms with Crippen LogP contribution in [0.25, 0.3) is 0 Å². The maximum atomic E-state index is 10.6. The smallest absolute Gasteiger partial charge is 0.317 e. The molecule has 2 N–H and O–H groups in total. The highest BCUT2D eigenvalue weighted by molar-refractivity contribution is 5.72. The first kappa shape index (κ1) is 13.2. The van der Waals surface area contributed by atoms with Crippen molar-refractivity contribution < 1.29 is 24.3 Å². The number of carboxylic acids is 2. The summed E-state index contributed by atoms with van der Waals surface area (Å²) >= 11 is 0. The van der Waals surface area contributed by atoms with Crippen molar-refractivity contribution in [3.8, 4) is 0 Å². The van der Waals surface area contributed by atoms with Gasteiger partial charge in [0.2, 0.25) is 0 Å². The highest BCUT2D eigenvalue weighted by Gasteiger charge is 2.18. The van der Waals surface area contributed by atoms with Crippen LogP contribution in [-0.4, -0.2) is 45.3 Å². The van der Waals surface area contributed by atoms with Crippen molar-refractivity contribution in [1.82, 2.24) is 10.1 Å². The van der Waals surface area contributed by atoms with E-state index in [1.165, 1.54) is 4.90 Å². The van der Waals surface area contributed by atoms with Crippen LogP contribution in [0.5, 0.6) is 0 Å². The van der Waals surface area contributed by atoms with Crippen molar-refractivity contribution in [1.29, 1.82) is 0 Å². The van der Waals surface area contributed by atoms with E-state index in [0.29, 0.717) is 11.5 Å². The van der Waals surface area contributed by atoms with E-state index in [0.717, 1.165) is 5.56 Å². The fourth-order valence-corrected chi connectivity index (χ4v) is 1.50. The van der Waals surface area contributed by atoms with Crippen LogP contribution >= 0.6 is 0 Å². The van der Waals surface area contributed by atoms with Crippen LogP contribution in [0.2, 0.25) is 0 Å². The summed E-state index contributed by atoms with van der Waals surface area (Å²) in [5.74, 6) is -1.57. The molecule has 1 aromatic heterocycles. The van der Waals surface area contributed by atoms with Crippen LogP contribution in [0.1, 0.15) is 17.0 Å². The van der Waals surface area contributed by atoms with E-state index in [1.807, 2.05) is 0 Å². The van der Waals surface area contributed by atoms with Gasteiger partial charge in [-0.25, -0.2) is 0 Å². The Hall–Kier alpha value is -1.89. The van der Waals surface area contributed by atoms with Crippen molar-refractivity contribution in [2.45, 2.75) is 20.4 Å². The van der Waals surface area contributed by atoms with E-state index in [9.17, 15) is 9.59 Å². The molecule has 1 aromatic rings. The third-order valence-corrected chi connectivity index (χ3v) is 2.28. The van der Waals surface area contributed by atoms with Gasteiger partial charge in [0.15, 0.2) is 0 Å². The number of aromatic nitrogens is 1. The van der Waals surface area contributed by atoms with Gasteiger partial charge >= 0.3 is 11.9 Å². The van der Waals surface area contributed by atoms with Crippen molar-refractivity contribution >= 4 is 11.9 Å². The summed E-state index contributed by atoms with van der Waals surface area (Å²) in [6.45, 7) is 2.95. The molecule has 0 saturated heterocycles. The molecule has 0 amide bonds. The zero-order valence-corrected chi connectivity index (χ0v) is 9.63. The first-order valence-electron chi connectivity index (χ1n) is 4.98. The Labute approximate surface area is 97.6 Å². The molecule has 0 bridgehead atoms. The second kappa shape index (κ2) is 5.44. The number of nitrogens with zero attached hydrogens (tertiary/aromatic N) is 2. The van der Waals surface area contributed by atoms with E-state index in [4.69, 9.17) is 14.7 Å². The molecule has 1 heterocycles. The predicted octanol–water partition coefficient (Wildman–Crippen LogP) is 0.263. The van der Waals surface area contributed by atoms with E-state index in [-0.39, 0.29) is 19.6 Å². The van der Waals surface area contributed by atoms with Crippen LogP contribution in [0.4, 0.5) is 0 Å². The molecular weight excluding hydrogens is 228 g/mol. The molecular formula is C10H14N2O5. The van der Waals surface area contributed by atoms with Gasteiger partial charge in [-0.05, 0) is 13.8 Å². The number of hydrogen-bond acceptors (Lipinski definition) is 5. The lowest BCUT2D eigenvalue weighted by Gasteiger charge is -2.17. The third-order valence-electron chi connectivity index (χ3n) is 2.28. The molecule has 0 radical (unpaired) electrons. The first-order valence-corrected chi connectivity index (χ1v) is 4.98. The lowest BCUT2D eigenvalue weighted by atomic mass is 10.2. The molecule has 17 heavy (non-hydrogen) atoms. The molecule has 7 heteroatoms. The van der Waals surface area contributed by atoms with Crippen LogP contribution in [0.3, 0.4) is 0 Å². The Bertz CT molecular complexity index is 391. The Morgan fingerprint density at radius 3 is 2.12 bits per heavy atom. The van der Waals surface area contributed by atoms with Crippen LogP contribution in [0.15, 0.2) is 4.52 Å². The van der Waals surface area contributed by atoms with Gasteiger partial charge in [0.05, 0.1) is 18.8 Å².